The van der Waals surface area contributed by atoms with Crippen molar-refractivity contribution < 1.29 is 9.59 Å². The first-order valence-corrected chi connectivity index (χ1v) is 5.84. The summed E-state index contributed by atoms with van der Waals surface area (Å²) in [6, 6.07) is 6.94. The van der Waals surface area contributed by atoms with Gasteiger partial charge in [0.2, 0.25) is 0 Å². The van der Waals surface area contributed by atoms with Crippen LogP contribution in [0.15, 0.2) is 24.3 Å². The van der Waals surface area contributed by atoms with Crippen LogP contribution in [0.4, 0.5) is 0 Å². The van der Waals surface area contributed by atoms with Crippen molar-refractivity contribution in [3.63, 3.8) is 0 Å². The predicted octanol–water partition coefficient (Wildman–Crippen LogP) is 3.67. The Morgan fingerprint density at radius 2 is 1.81 bits per heavy atom. The van der Waals surface area contributed by atoms with E-state index in [9.17, 15) is 9.59 Å². The van der Waals surface area contributed by atoms with Crippen molar-refractivity contribution in [1.82, 2.24) is 0 Å². The lowest BCUT2D eigenvalue weighted by Crippen LogP contribution is -1.98. The Balaban J connectivity index is 2.29. The van der Waals surface area contributed by atoms with Gasteiger partial charge in [-0.15, -0.1) is 0 Å². The van der Waals surface area contributed by atoms with E-state index in [0.29, 0.717) is 23.4 Å². The highest BCUT2D eigenvalue weighted by atomic mass is 35.5. The zero-order valence-corrected chi connectivity index (χ0v) is 9.87. The smallest absolute Gasteiger partial charge is 0.162 e. The minimum absolute atomic E-state index is 0.141. The number of hydrogen-bond donors (Lipinski definition) is 0. The number of aldehydes is 1. The number of carbonyl (C=O) groups excluding carboxylic acids is 2. The zero-order chi connectivity index (χ0) is 11.8. The average Bonchev–Trinajstić information content (AvgIpc) is 2.29. The third-order valence-corrected chi connectivity index (χ3v) is 2.64. The van der Waals surface area contributed by atoms with E-state index in [4.69, 9.17) is 11.6 Å². The second-order valence-corrected chi connectivity index (χ2v) is 4.13. The molecule has 0 amide bonds. The first-order valence-electron chi connectivity index (χ1n) is 5.46. The van der Waals surface area contributed by atoms with Crippen LogP contribution in [0.5, 0.6) is 0 Å². The van der Waals surface area contributed by atoms with Crippen LogP contribution in [0.2, 0.25) is 5.02 Å². The Kier molecular flexibility index (Phi) is 5.79. The molecule has 0 aliphatic rings. The lowest BCUT2D eigenvalue weighted by molar-refractivity contribution is -0.107. The topological polar surface area (TPSA) is 34.1 Å². The molecule has 3 heteroatoms. The molecule has 0 spiro atoms. The lowest BCUT2D eigenvalue weighted by Gasteiger charge is -2.00. The molecule has 1 rings (SSSR count). The quantitative estimate of drug-likeness (QED) is 0.413. The second-order valence-electron chi connectivity index (χ2n) is 3.70. The molecule has 16 heavy (non-hydrogen) atoms. The highest BCUT2D eigenvalue weighted by Gasteiger charge is 2.04. The monoisotopic (exact) mass is 238 g/mol. The molecule has 0 saturated carbocycles. The van der Waals surface area contributed by atoms with Crippen molar-refractivity contribution in [1.29, 1.82) is 0 Å². The summed E-state index contributed by atoms with van der Waals surface area (Å²) in [4.78, 5) is 21.8. The van der Waals surface area contributed by atoms with Crippen molar-refractivity contribution in [3.05, 3.63) is 34.9 Å². The first kappa shape index (κ1) is 12.9. The number of Topliss-reactive ketones (excluding diaryl/α,β-unsaturated/α-hetero) is 1. The van der Waals surface area contributed by atoms with Crippen molar-refractivity contribution in [2.24, 2.45) is 0 Å². The molecule has 86 valence electrons. The van der Waals surface area contributed by atoms with Gasteiger partial charge in [0.25, 0.3) is 0 Å². The fourth-order valence-corrected chi connectivity index (χ4v) is 1.60. The maximum Gasteiger partial charge on any atom is 0.162 e. The van der Waals surface area contributed by atoms with Crippen molar-refractivity contribution in [2.45, 2.75) is 32.1 Å². The summed E-state index contributed by atoms with van der Waals surface area (Å²) < 4.78 is 0. The van der Waals surface area contributed by atoms with E-state index < -0.39 is 0 Å². The van der Waals surface area contributed by atoms with Crippen LogP contribution in [0.3, 0.4) is 0 Å². The van der Waals surface area contributed by atoms with E-state index in [1.165, 1.54) is 0 Å². The highest BCUT2D eigenvalue weighted by molar-refractivity contribution is 6.30. The molecule has 0 atom stereocenters. The molecular formula is C13H15ClO2. The van der Waals surface area contributed by atoms with Crippen LogP contribution in [0, 0.1) is 0 Å². The predicted molar refractivity (Wildman–Crippen MR) is 64.9 cm³/mol. The van der Waals surface area contributed by atoms with E-state index in [-0.39, 0.29) is 5.78 Å². The minimum atomic E-state index is 0.141. The standard InChI is InChI=1S/C13H15ClO2/c14-12-8-6-11(7-9-12)13(16)5-3-1-2-4-10-15/h6-10H,1-5H2. The Bertz CT molecular complexity index is 343. The molecule has 0 radical (unpaired) electrons. The molecule has 0 aromatic heterocycles. The van der Waals surface area contributed by atoms with E-state index >= 15 is 0 Å². The van der Waals surface area contributed by atoms with Gasteiger partial charge in [-0.25, -0.2) is 0 Å². The van der Waals surface area contributed by atoms with E-state index in [1.54, 1.807) is 24.3 Å². The molecule has 0 bridgehead atoms. The number of unbranched alkanes of at least 4 members (excludes halogenated alkanes) is 3. The number of halogens is 1. The van der Waals surface area contributed by atoms with Gasteiger partial charge in [-0.1, -0.05) is 18.0 Å². The van der Waals surface area contributed by atoms with Gasteiger partial charge in [0.1, 0.15) is 6.29 Å². The third-order valence-electron chi connectivity index (χ3n) is 2.39. The zero-order valence-electron chi connectivity index (χ0n) is 9.12. The molecular weight excluding hydrogens is 224 g/mol. The molecule has 0 unspecified atom stereocenters. The fourth-order valence-electron chi connectivity index (χ4n) is 1.47. The normalized spacial score (nSPS) is 10.1. The maximum atomic E-state index is 11.7. The lowest BCUT2D eigenvalue weighted by atomic mass is 10.0. The van der Waals surface area contributed by atoms with Crippen LogP contribution in [0.1, 0.15) is 42.5 Å². The van der Waals surface area contributed by atoms with Gasteiger partial charge in [0.15, 0.2) is 5.78 Å². The van der Waals surface area contributed by atoms with Crippen LogP contribution in [-0.2, 0) is 4.79 Å². The number of rotatable bonds is 7. The van der Waals surface area contributed by atoms with Gasteiger partial charge in [-0.2, -0.15) is 0 Å². The van der Waals surface area contributed by atoms with E-state index in [0.717, 1.165) is 25.5 Å². The van der Waals surface area contributed by atoms with Crippen molar-refractivity contribution in [3.8, 4) is 0 Å². The van der Waals surface area contributed by atoms with Gasteiger partial charge in [-0.05, 0) is 37.1 Å². The van der Waals surface area contributed by atoms with Gasteiger partial charge >= 0.3 is 0 Å². The molecule has 1 aromatic carbocycles. The summed E-state index contributed by atoms with van der Waals surface area (Å²) in [5, 5.41) is 0.641. The summed E-state index contributed by atoms with van der Waals surface area (Å²) in [5.74, 6) is 0.141. The Morgan fingerprint density at radius 1 is 1.12 bits per heavy atom. The number of carbonyl (C=O) groups is 2. The number of hydrogen-bond acceptors (Lipinski definition) is 2. The minimum Gasteiger partial charge on any atom is -0.303 e. The Labute approximate surface area is 101 Å². The largest absolute Gasteiger partial charge is 0.303 e. The summed E-state index contributed by atoms with van der Waals surface area (Å²) >= 11 is 5.73. The molecule has 0 heterocycles. The van der Waals surface area contributed by atoms with Crippen molar-refractivity contribution >= 4 is 23.7 Å². The highest BCUT2D eigenvalue weighted by Crippen LogP contribution is 2.13. The fraction of sp³-hybridized carbons (Fsp3) is 0.385. The third kappa shape index (κ3) is 4.58. The average molecular weight is 239 g/mol. The molecule has 2 nitrogen and oxygen atoms in total. The number of benzene rings is 1. The molecule has 1 aromatic rings. The van der Waals surface area contributed by atoms with Gasteiger partial charge in [0.05, 0.1) is 0 Å². The maximum absolute atomic E-state index is 11.7. The molecule has 0 aliphatic heterocycles. The second kappa shape index (κ2) is 7.18. The SMILES string of the molecule is O=CCCCCCC(=O)c1ccc(Cl)cc1. The molecule has 0 aliphatic carbocycles. The summed E-state index contributed by atoms with van der Waals surface area (Å²) in [5.41, 5.74) is 0.708. The molecule has 0 fully saturated rings. The Hall–Kier alpha value is -1.15. The Morgan fingerprint density at radius 3 is 2.44 bits per heavy atom. The first-order chi connectivity index (χ1) is 7.74. The van der Waals surface area contributed by atoms with Crippen LogP contribution >= 0.6 is 11.6 Å². The summed E-state index contributed by atoms with van der Waals surface area (Å²) in [6.45, 7) is 0. The summed E-state index contributed by atoms with van der Waals surface area (Å²) in [6.07, 6.45) is 4.70. The van der Waals surface area contributed by atoms with Gasteiger partial charge in [-0.3, -0.25) is 4.79 Å². The molecule has 0 N–H and O–H groups in total. The van der Waals surface area contributed by atoms with Crippen LogP contribution < -0.4 is 0 Å². The van der Waals surface area contributed by atoms with Crippen molar-refractivity contribution in [2.75, 3.05) is 0 Å². The summed E-state index contributed by atoms with van der Waals surface area (Å²) in [7, 11) is 0. The van der Waals surface area contributed by atoms with Gasteiger partial charge < -0.3 is 4.79 Å². The van der Waals surface area contributed by atoms with E-state index in [1.807, 2.05) is 0 Å². The number of ketones is 1. The van der Waals surface area contributed by atoms with Crippen LogP contribution in [0.25, 0.3) is 0 Å². The molecule has 0 saturated heterocycles. The van der Waals surface area contributed by atoms with Crippen LogP contribution in [-0.4, -0.2) is 12.1 Å². The van der Waals surface area contributed by atoms with E-state index in [2.05, 4.69) is 0 Å². The van der Waals surface area contributed by atoms with Gasteiger partial charge in [0, 0.05) is 23.4 Å².